The Bertz CT molecular complexity index is 852. The Morgan fingerprint density at radius 2 is 1.96 bits per heavy atom. The summed E-state index contributed by atoms with van der Waals surface area (Å²) in [5.74, 6) is 4.37. The van der Waals surface area contributed by atoms with Crippen molar-refractivity contribution < 1.29 is 14.7 Å². The van der Waals surface area contributed by atoms with E-state index in [9.17, 15) is 9.59 Å². The number of Topliss-reactive ketones (excluding diaryl/α,β-unsaturated/α-hetero) is 1. The monoisotopic (exact) mass is 370 g/mol. The van der Waals surface area contributed by atoms with E-state index in [1.165, 1.54) is 18.6 Å². The van der Waals surface area contributed by atoms with Gasteiger partial charge in [-0.3, -0.25) is 9.59 Å². The Morgan fingerprint density at radius 3 is 2.56 bits per heavy atom. The normalized spacial score (nSPS) is 11.0. The summed E-state index contributed by atoms with van der Waals surface area (Å²) in [4.78, 5) is 36.5. The summed E-state index contributed by atoms with van der Waals surface area (Å²) in [7, 11) is 0. The van der Waals surface area contributed by atoms with Crippen LogP contribution < -0.4 is 11.6 Å². The van der Waals surface area contributed by atoms with E-state index in [4.69, 9.17) is 16.7 Å². The van der Waals surface area contributed by atoms with Crippen molar-refractivity contribution in [3.8, 4) is 11.5 Å². The molecule has 0 spiro atoms. The fraction of sp³-hybridized carbons (Fsp3) is 0.333. The SMILES string of the molecule is CCCCC(=O)c1nc(-c2ncccn2)c(CCC(=O)O)c(N)c1C=NN. The number of pyridine rings is 1. The topological polar surface area (TPSA) is 157 Å². The van der Waals surface area contributed by atoms with Crippen molar-refractivity contribution in [3.63, 3.8) is 0 Å². The van der Waals surface area contributed by atoms with E-state index < -0.39 is 5.97 Å². The Labute approximate surface area is 156 Å². The van der Waals surface area contributed by atoms with Crippen molar-refractivity contribution in [2.75, 3.05) is 5.73 Å². The van der Waals surface area contributed by atoms with Gasteiger partial charge in [-0.05, 0) is 18.9 Å². The number of nitrogen functional groups attached to an aromatic ring is 1. The molecule has 2 aromatic rings. The van der Waals surface area contributed by atoms with Crippen molar-refractivity contribution in [1.82, 2.24) is 15.0 Å². The smallest absolute Gasteiger partial charge is 0.303 e. The molecule has 0 radical (unpaired) electrons. The van der Waals surface area contributed by atoms with Crippen LogP contribution in [-0.2, 0) is 11.2 Å². The molecule has 0 aliphatic rings. The number of carbonyl (C=O) groups excluding carboxylic acids is 1. The van der Waals surface area contributed by atoms with Crippen LogP contribution >= 0.6 is 0 Å². The predicted molar refractivity (Wildman–Crippen MR) is 101 cm³/mol. The van der Waals surface area contributed by atoms with Gasteiger partial charge in [-0.2, -0.15) is 5.10 Å². The number of carboxylic acids is 1. The van der Waals surface area contributed by atoms with E-state index in [1.807, 2.05) is 6.92 Å². The van der Waals surface area contributed by atoms with Crippen molar-refractivity contribution in [2.45, 2.75) is 39.0 Å². The molecule has 0 saturated carbocycles. The molecule has 0 bridgehead atoms. The van der Waals surface area contributed by atoms with E-state index in [2.05, 4.69) is 20.1 Å². The minimum Gasteiger partial charge on any atom is -0.481 e. The number of carboxylic acid groups (broad SMARTS) is 1. The lowest BCUT2D eigenvalue weighted by molar-refractivity contribution is -0.136. The highest BCUT2D eigenvalue weighted by Crippen LogP contribution is 2.30. The number of hydrogen-bond donors (Lipinski definition) is 3. The molecule has 0 aliphatic carbocycles. The van der Waals surface area contributed by atoms with E-state index in [1.54, 1.807) is 6.07 Å². The summed E-state index contributed by atoms with van der Waals surface area (Å²) in [6.07, 6.45) is 6.15. The number of hydrazone groups is 1. The first kappa shape index (κ1) is 20.0. The zero-order valence-corrected chi connectivity index (χ0v) is 15.1. The first-order valence-electron chi connectivity index (χ1n) is 8.57. The zero-order chi connectivity index (χ0) is 19.8. The van der Waals surface area contributed by atoms with Gasteiger partial charge in [0.25, 0.3) is 0 Å². The van der Waals surface area contributed by atoms with Crippen LogP contribution in [0.1, 0.15) is 54.2 Å². The summed E-state index contributed by atoms with van der Waals surface area (Å²) in [5.41, 5.74) is 7.66. The van der Waals surface area contributed by atoms with Gasteiger partial charge < -0.3 is 16.7 Å². The fourth-order valence-electron chi connectivity index (χ4n) is 2.62. The molecular weight excluding hydrogens is 348 g/mol. The van der Waals surface area contributed by atoms with Gasteiger partial charge in [0, 0.05) is 42.0 Å². The number of unbranched alkanes of at least 4 members (excludes halogenated alkanes) is 1. The molecule has 0 saturated heterocycles. The molecule has 0 atom stereocenters. The van der Waals surface area contributed by atoms with Crippen LogP contribution in [0.25, 0.3) is 11.5 Å². The highest BCUT2D eigenvalue weighted by Gasteiger charge is 2.23. The van der Waals surface area contributed by atoms with E-state index in [0.717, 1.165) is 6.42 Å². The Balaban J connectivity index is 2.69. The first-order chi connectivity index (χ1) is 13.0. The van der Waals surface area contributed by atoms with Crippen molar-refractivity contribution in [1.29, 1.82) is 0 Å². The molecule has 0 aromatic carbocycles. The van der Waals surface area contributed by atoms with Crippen LogP contribution in [0.3, 0.4) is 0 Å². The van der Waals surface area contributed by atoms with Gasteiger partial charge in [0.15, 0.2) is 11.6 Å². The third-order valence-corrected chi connectivity index (χ3v) is 3.97. The van der Waals surface area contributed by atoms with E-state index >= 15 is 0 Å². The van der Waals surface area contributed by atoms with Crippen LogP contribution in [0.15, 0.2) is 23.6 Å². The molecule has 142 valence electrons. The lowest BCUT2D eigenvalue weighted by Crippen LogP contribution is -2.15. The predicted octanol–water partition coefficient (Wildman–Crippen LogP) is 1.80. The highest BCUT2D eigenvalue weighted by atomic mass is 16.4. The minimum absolute atomic E-state index is 0.108. The number of aromatic nitrogens is 3. The second-order valence-electron chi connectivity index (χ2n) is 5.89. The van der Waals surface area contributed by atoms with Crippen LogP contribution in [0.2, 0.25) is 0 Å². The van der Waals surface area contributed by atoms with Crippen molar-refractivity contribution in [3.05, 3.63) is 35.3 Å². The number of nitrogens with two attached hydrogens (primary N) is 2. The molecule has 0 unspecified atom stereocenters. The molecule has 2 aromatic heterocycles. The van der Waals surface area contributed by atoms with Gasteiger partial charge in [-0.15, -0.1) is 0 Å². The number of ketones is 1. The fourth-order valence-corrected chi connectivity index (χ4v) is 2.62. The molecular formula is C18H22N6O3. The first-order valence-corrected chi connectivity index (χ1v) is 8.57. The third-order valence-electron chi connectivity index (χ3n) is 3.97. The number of aliphatic carboxylic acids is 1. The zero-order valence-electron chi connectivity index (χ0n) is 15.1. The molecule has 2 heterocycles. The quantitative estimate of drug-likeness (QED) is 0.261. The average Bonchev–Trinajstić information content (AvgIpc) is 2.67. The van der Waals surface area contributed by atoms with E-state index in [0.29, 0.717) is 29.7 Å². The molecule has 2 rings (SSSR count). The highest BCUT2D eigenvalue weighted by molar-refractivity contribution is 6.06. The number of rotatable bonds is 9. The lowest BCUT2D eigenvalue weighted by Gasteiger charge is -2.16. The van der Waals surface area contributed by atoms with Gasteiger partial charge in [-0.1, -0.05) is 13.3 Å². The van der Waals surface area contributed by atoms with Gasteiger partial charge in [0.2, 0.25) is 0 Å². The van der Waals surface area contributed by atoms with Gasteiger partial charge in [0.1, 0.15) is 11.4 Å². The summed E-state index contributed by atoms with van der Waals surface area (Å²) in [5, 5.41) is 12.5. The minimum atomic E-state index is -0.980. The maximum absolute atomic E-state index is 12.7. The standard InChI is InChI=1S/C18H22N6O3/c1-2-3-5-13(25)16-12(10-23-20)15(19)11(6-7-14(26)27)17(24-16)18-21-8-4-9-22-18/h4,8-10H,2-3,5-7,20H2,1H3,(H2,19,24)(H,26,27). The second-order valence-corrected chi connectivity index (χ2v) is 5.89. The molecule has 9 nitrogen and oxygen atoms in total. The summed E-state index contributed by atoms with van der Waals surface area (Å²) in [6.45, 7) is 1.98. The largest absolute Gasteiger partial charge is 0.481 e. The molecule has 5 N–H and O–H groups in total. The van der Waals surface area contributed by atoms with Crippen LogP contribution in [-0.4, -0.2) is 38.0 Å². The number of carbonyl (C=O) groups is 2. The molecule has 0 fully saturated rings. The van der Waals surface area contributed by atoms with E-state index in [-0.39, 0.29) is 35.8 Å². The van der Waals surface area contributed by atoms with Crippen LogP contribution in [0, 0.1) is 0 Å². The summed E-state index contributed by atoms with van der Waals surface area (Å²) in [6, 6.07) is 1.65. The molecule has 27 heavy (non-hydrogen) atoms. The van der Waals surface area contributed by atoms with Gasteiger partial charge in [-0.25, -0.2) is 15.0 Å². The summed E-state index contributed by atoms with van der Waals surface area (Å²) < 4.78 is 0. The van der Waals surface area contributed by atoms with Gasteiger partial charge >= 0.3 is 5.97 Å². The molecule has 0 aliphatic heterocycles. The van der Waals surface area contributed by atoms with Crippen LogP contribution in [0.5, 0.6) is 0 Å². The van der Waals surface area contributed by atoms with Crippen LogP contribution in [0.4, 0.5) is 5.69 Å². The maximum Gasteiger partial charge on any atom is 0.303 e. The van der Waals surface area contributed by atoms with Gasteiger partial charge in [0.05, 0.1) is 6.21 Å². The average molecular weight is 370 g/mol. The Kier molecular flexibility index (Phi) is 6.93. The second kappa shape index (κ2) is 9.37. The van der Waals surface area contributed by atoms with Crippen molar-refractivity contribution >= 4 is 23.7 Å². The summed E-state index contributed by atoms with van der Waals surface area (Å²) >= 11 is 0. The molecule has 0 amide bonds. The Hall–Kier alpha value is -3.36. The number of nitrogens with zero attached hydrogens (tertiary/aromatic N) is 4. The molecule has 9 heteroatoms. The maximum atomic E-state index is 12.7. The third kappa shape index (κ3) is 4.84. The number of anilines is 1. The number of hydrogen-bond acceptors (Lipinski definition) is 8. The van der Waals surface area contributed by atoms with Crippen molar-refractivity contribution in [2.24, 2.45) is 10.9 Å². The Morgan fingerprint density at radius 1 is 1.26 bits per heavy atom. The lowest BCUT2D eigenvalue weighted by atomic mass is 9.97.